The third kappa shape index (κ3) is 3.82. The Bertz CT molecular complexity index is 1510. The van der Waals surface area contributed by atoms with Gasteiger partial charge in [0, 0.05) is 5.56 Å². The highest BCUT2D eigenvalue weighted by atomic mass is 32.1. The van der Waals surface area contributed by atoms with Crippen molar-refractivity contribution in [2.45, 2.75) is 32.9 Å². The molecular weight excluding hydrogens is 448 g/mol. The number of carbonyl (C=O) groups is 1. The number of esters is 1. The Labute approximate surface area is 200 Å². The molecule has 2 aliphatic rings. The van der Waals surface area contributed by atoms with E-state index in [1.807, 2.05) is 73.7 Å². The molecule has 7 heteroatoms. The van der Waals surface area contributed by atoms with Crippen LogP contribution in [0.4, 0.5) is 0 Å². The molecule has 0 aliphatic carbocycles. The summed E-state index contributed by atoms with van der Waals surface area (Å²) in [5.74, 6) is 0.368. The molecule has 3 heterocycles. The van der Waals surface area contributed by atoms with Gasteiger partial charge in [-0.3, -0.25) is 9.36 Å². The van der Waals surface area contributed by atoms with Gasteiger partial charge >= 0.3 is 5.97 Å². The molecule has 0 saturated carbocycles. The molecule has 34 heavy (non-hydrogen) atoms. The fourth-order valence-corrected chi connectivity index (χ4v) is 5.36. The van der Waals surface area contributed by atoms with Crippen LogP contribution in [-0.2, 0) is 9.53 Å². The Morgan fingerprint density at radius 3 is 2.68 bits per heavy atom. The molecule has 0 bridgehead atoms. The van der Waals surface area contributed by atoms with Crippen LogP contribution in [0.3, 0.4) is 0 Å². The van der Waals surface area contributed by atoms with E-state index in [2.05, 4.69) is 4.99 Å². The number of rotatable bonds is 4. The molecule has 172 valence electrons. The van der Waals surface area contributed by atoms with E-state index in [1.165, 1.54) is 11.3 Å². The third-order valence-electron chi connectivity index (χ3n) is 5.94. The number of hydrogen-bond acceptors (Lipinski definition) is 6. The number of para-hydroxylation sites is 1. The standard InChI is InChI=1S/C27H24N2O4S/c1-4-32-26(31)23-16(2)28-27-29(24(23)18-10-6-5-7-11-18)25(30)22(34-27)15-20-14-19-12-8-9-13-21(19)33-17(20)3/h5-15,17,24H,4H2,1-3H3/b22-15+/t17-,24+/m0/s1. The zero-order valence-electron chi connectivity index (χ0n) is 19.1. The maximum absolute atomic E-state index is 13.7. The van der Waals surface area contributed by atoms with Crippen LogP contribution in [0.2, 0.25) is 0 Å². The van der Waals surface area contributed by atoms with Gasteiger partial charge in [0.25, 0.3) is 5.56 Å². The van der Waals surface area contributed by atoms with Gasteiger partial charge in [0.1, 0.15) is 11.9 Å². The molecule has 2 atom stereocenters. The van der Waals surface area contributed by atoms with Gasteiger partial charge in [-0.25, -0.2) is 9.79 Å². The number of nitrogens with zero attached hydrogens (tertiary/aromatic N) is 2. The smallest absolute Gasteiger partial charge is 0.338 e. The number of allylic oxidation sites excluding steroid dienone is 1. The monoisotopic (exact) mass is 472 g/mol. The minimum Gasteiger partial charge on any atom is -0.485 e. The summed E-state index contributed by atoms with van der Waals surface area (Å²) >= 11 is 1.31. The van der Waals surface area contributed by atoms with E-state index in [0.717, 1.165) is 22.4 Å². The predicted molar refractivity (Wildman–Crippen MR) is 132 cm³/mol. The number of thiazole rings is 1. The van der Waals surface area contributed by atoms with E-state index in [-0.39, 0.29) is 18.3 Å². The van der Waals surface area contributed by atoms with E-state index in [0.29, 0.717) is 20.6 Å². The molecule has 0 saturated heterocycles. The van der Waals surface area contributed by atoms with E-state index < -0.39 is 12.0 Å². The molecule has 0 N–H and O–H groups in total. The van der Waals surface area contributed by atoms with Crippen molar-refractivity contribution < 1.29 is 14.3 Å². The van der Waals surface area contributed by atoms with Gasteiger partial charge in [0.2, 0.25) is 0 Å². The van der Waals surface area contributed by atoms with Crippen LogP contribution < -0.4 is 19.6 Å². The number of carbonyl (C=O) groups excluding carboxylic acids is 1. The Morgan fingerprint density at radius 2 is 1.91 bits per heavy atom. The Balaban J connectivity index is 1.69. The van der Waals surface area contributed by atoms with Gasteiger partial charge < -0.3 is 9.47 Å². The summed E-state index contributed by atoms with van der Waals surface area (Å²) in [5.41, 5.74) is 3.45. The summed E-state index contributed by atoms with van der Waals surface area (Å²) < 4.78 is 13.5. The molecule has 5 rings (SSSR count). The highest BCUT2D eigenvalue weighted by Gasteiger charge is 2.33. The van der Waals surface area contributed by atoms with Gasteiger partial charge in [-0.2, -0.15) is 0 Å². The van der Waals surface area contributed by atoms with Crippen molar-refractivity contribution >= 4 is 29.5 Å². The maximum atomic E-state index is 13.7. The zero-order chi connectivity index (χ0) is 23.8. The zero-order valence-corrected chi connectivity index (χ0v) is 20.0. The van der Waals surface area contributed by atoms with Crippen LogP contribution in [0.15, 0.2) is 81.2 Å². The number of hydrogen-bond donors (Lipinski definition) is 0. The van der Waals surface area contributed by atoms with Crippen LogP contribution in [0.25, 0.3) is 12.2 Å². The van der Waals surface area contributed by atoms with Crippen molar-refractivity contribution in [3.05, 3.63) is 102 Å². The maximum Gasteiger partial charge on any atom is 0.338 e. The average Bonchev–Trinajstić information content (AvgIpc) is 3.13. The summed E-state index contributed by atoms with van der Waals surface area (Å²) in [4.78, 5) is 31.8. The fourth-order valence-electron chi connectivity index (χ4n) is 4.32. The van der Waals surface area contributed by atoms with Crippen molar-refractivity contribution in [3.8, 4) is 5.75 Å². The minimum atomic E-state index is -0.603. The summed E-state index contributed by atoms with van der Waals surface area (Å²) in [7, 11) is 0. The van der Waals surface area contributed by atoms with E-state index in [1.54, 1.807) is 18.4 Å². The second-order valence-electron chi connectivity index (χ2n) is 8.16. The van der Waals surface area contributed by atoms with Gasteiger partial charge in [0.15, 0.2) is 4.80 Å². The molecule has 0 fully saturated rings. The Morgan fingerprint density at radius 1 is 1.18 bits per heavy atom. The van der Waals surface area contributed by atoms with Crippen LogP contribution in [-0.4, -0.2) is 23.2 Å². The second kappa shape index (κ2) is 8.91. The normalized spacial score (nSPS) is 19.5. The van der Waals surface area contributed by atoms with Crippen molar-refractivity contribution in [1.29, 1.82) is 0 Å². The lowest BCUT2D eigenvalue weighted by molar-refractivity contribution is -0.139. The van der Waals surface area contributed by atoms with Crippen molar-refractivity contribution in [3.63, 3.8) is 0 Å². The predicted octanol–water partition coefficient (Wildman–Crippen LogP) is 3.61. The molecule has 0 unspecified atom stereocenters. The van der Waals surface area contributed by atoms with Gasteiger partial charge in [-0.05, 0) is 50.1 Å². The molecule has 0 spiro atoms. The second-order valence-corrected chi connectivity index (χ2v) is 9.16. The van der Waals surface area contributed by atoms with Gasteiger partial charge in [-0.1, -0.05) is 59.9 Å². The molecule has 6 nitrogen and oxygen atoms in total. The number of fused-ring (bicyclic) bond motifs is 2. The molecule has 2 aromatic carbocycles. The van der Waals surface area contributed by atoms with Crippen molar-refractivity contribution in [2.24, 2.45) is 4.99 Å². The Hall–Kier alpha value is -3.71. The third-order valence-corrected chi connectivity index (χ3v) is 6.93. The first-order valence-corrected chi connectivity index (χ1v) is 12.0. The highest BCUT2D eigenvalue weighted by molar-refractivity contribution is 7.07. The van der Waals surface area contributed by atoms with Crippen LogP contribution in [0, 0.1) is 0 Å². The van der Waals surface area contributed by atoms with E-state index in [9.17, 15) is 9.59 Å². The lowest BCUT2D eigenvalue weighted by atomic mass is 9.96. The van der Waals surface area contributed by atoms with Crippen LogP contribution >= 0.6 is 11.3 Å². The first-order valence-electron chi connectivity index (χ1n) is 11.2. The minimum absolute atomic E-state index is 0.195. The summed E-state index contributed by atoms with van der Waals surface area (Å²) in [6.07, 6.45) is 3.72. The first-order chi connectivity index (χ1) is 16.5. The molecule has 2 aliphatic heterocycles. The average molecular weight is 473 g/mol. The molecular formula is C27H24N2O4S. The SMILES string of the molecule is CCOC(=O)C1=C(C)N=c2s/c(=C/C3=Cc4ccccc4O[C@H]3C)c(=O)n2[C@@H]1c1ccccc1. The van der Waals surface area contributed by atoms with Crippen LogP contribution in [0.1, 0.15) is 37.9 Å². The molecule has 1 aromatic heterocycles. The number of ether oxygens (including phenoxy) is 2. The van der Waals surface area contributed by atoms with E-state index in [4.69, 9.17) is 9.47 Å². The molecule has 0 radical (unpaired) electrons. The number of aromatic nitrogens is 1. The lowest BCUT2D eigenvalue weighted by Crippen LogP contribution is -2.40. The van der Waals surface area contributed by atoms with Crippen LogP contribution in [0.5, 0.6) is 5.75 Å². The van der Waals surface area contributed by atoms with Gasteiger partial charge in [0.05, 0.1) is 28.5 Å². The molecule has 3 aromatic rings. The van der Waals surface area contributed by atoms with Gasteiger partial charge in [-0.15, -0.1) is 0 Å². The summed E-state index contributed by atoms with van der Waals surface area (Å²) in [6, 6.07) is 16.7. The summed E-state index contributed by atoms with van der Waals surface area (Å²) in [6.45, 7) is 5.76. The van der Waals surface area contributed by atoms with Crippen molar-refractivity contribution in [1.82, 2.24) is 4.57 Å². The topological polar surface area (TPSA) is 69.9 Å². The quantitative estimate of drug-likeness (QED) is 0.544. The summed E-state index contributed by atoms with van der Waals surface area (Å²) in [5, 5.41) is 0. The van der Waals surface area contributed by atoms with E-state index >= 15 is 0 Å². The Kier molecular flexibility index (Phi) is 5.79. The molecule has 0 amide bonds. The lowest BCUT2D eigenvalue weighted by Gasteiger charge is -2.24. The van der Waals surface area contributed by atoms with Crippen molar-refractivity contribution in [2.75, 3.05) is 6.61 Å². The fraction of sp³-hybridized carbons (Fsp3) is 0.222. The first kappa shape index (κ1) is 22.1. The largest absolute Gasteiger partial charge is 0.485 e. The number of benzene rings is 2. The highest BCUT2D eigenvalue weighted by Crippen LogP contribution is 2.31.